The van der Waals surface area contributed by atoms with Crippen LogP contribution in [0, 0.1) is 0 Å². The molecule has 2 aromatic rings. The van der Waals surface area contributed by atoms with Crippen LogP contribution in [0.1, 0.15) is 23.3 Å². The van der Waals surface area contributed by atoms with Crippen LogP contribution in [-0.2, 0) is 0 Å². The topological polar surface area (TPSA) is 136 Å². The Morgan fingerprint density at radius 3 is 2.62 bits per heavy atom. The number of allylic oxidation sites excluding steroid dienone is 2. The van der Waals surface area contributed by atoms with Gasteiger partial charge in [0, 0.05) is 64.3 Å². The molecule has 0 unspecified atom stereocenters. The summed E-state index contributed by atoms with van der Waals surface area (Å²) in [5.74, 6) is -0.676. The number of nitrogens with one attached hydrogen (secondary N) is 2. The van der Waals surface area contributed by atoms with Gasteiger partial charge in [-0.15, -0.1) is 0 Å². The van der Waals surface area contributed by atoms with E-state index in [4.69, 9.17) is 5.73 Å². The van der Waals surface area contributed by atoms with Gasteiger partial charge in [0.25, 0.3) is 12.3 Å². The van der Waals surface area contributed by atoms with Crippen molar-refractivity contribution in [3.8, 4) is 11.3 Å². The molecule has 0 bridgehead atoms. The maximum atomic E-state index is 13.4. The van der Waals surface area contributed by atoms with Crippen molar-refractivity contribution in [1.82, 2.24) is 35.2 Å². The molecule has 0 spiro atoms. The van der Waals surface area contributed by atoms with Gasteiger partial charge in [-0.25, -0.2) is 18.6 Å². The van der Waals surface area contributed by atoms with E-state index < -0.39 is 18.0 Å². The van der Waals surface area contributed by atoms with Crippen LogP contribution in [0.2, 0.25) is 0 Å². The van der Waals surface area contributed by atoms with Crippen molar-refractivity contribution in [2.24, 2.45) is 10.7 Å². The van der Waals surface area contributed by atoms with Gasteiger partial charge in [0.2, 0.25) is 0 Å². The van der Waals surface area contributed by atoms with Crippen LogP contribution in [0.4, 0.5) is 13.6 Å². The molecule has 3 amide bonds. The molecule has 13 heteroatoms. The van der Waals surface area contributed by atoms with Crippen molar-refractivity contribution in [1.29, 1.82) is 0 Å². The lowest BCUT2D eigenvalue weighted by Crippen LogP contribution is -2.58. The Bertz CT molecular complexity index is 1150. The Balaban J connectivity index is 1.34. The van der Waals surface area contributed by atoms with Crippen LogP contribution in [-0.4, -0.2) is 107 Å². The number of likely N-dealkylation sites (tertiary alicyclic amines) is 2. The number of halogens is 2. The third-order valence-corrected chi connectivity index (χ3v) is 6.51. The number of nitrogens with zero attached hydrogens (tertiary/aromatic N) is 6. The molecule has 0 aliphatic carbocycles. The smallest absolute Gasteiger partial charge is 0.319 e. The van der Waals surface area contributed by atoms with E-state index in [-0.39, 0.29) is 23.5 Å². The first-order chi connectivity index (χ1) is 17.7. The van der Waals surface area contributed by atoms with Crippen molar-refractivity contribution in [2.45, 2.75) is 31.4 Å². The molecule has 2 aliphatic heterocycles. The summed E-state index contributed by atoms with van der Waals surface area (Å²) in [5.41, 5.74) is 5.81. The van der Waals surface area contributed by atoms with Gasteiger partial charge >= 0.3 is 6.03 Å². The molecule has 198 valence electrons. The first kappa shape index (κ1) is 26.2. The lowest BCUT2D eigenvalue weighted by molar-refractivity contribution is 0.0537. The Labute approximate surface area is 213 Å². The second kappa shape index (κ2) is 11.5. The van der Waals surface area contributed by atoms with E-state index in [1.165, 1.54) is 12.3 Å². The maximum absolute atomic E-state index is 13.4. The summed E-state index contributed by atoms with van der Waals surface area (Å²) < 4.78 is 26.8. The first-order valence-corrected chi connectivity index (χ1v) is 12.0. The Morgan fingerprint density at radius 1 is 1.27 bits per heavy atom. The summed E-state index contributed by atoms with van der Waals surface area (Å²) in [6.07, 6.45) is 3.19. The minimum absolute atomic E-state index is 0.0194. The Hall–Kier alpha value is -3.87. The van der Waals surface area contributed by atoms with Crippen LogP contribution < -0.4 is 11.1 Å². The summed E-state index contributed by atoms with van der Waals surface area (Å²) >= 11 is 0. The number of pyridine rings is 1. The van der Waals surface area contributed by atoms with Crippen LogP contribution in [0.5, 0.6) is 0 Å². The second-order valence-electron chi connectivity index (χ2n) is 9.30. The Kier molecular flexibility index (Phi) is 8.11. The van der Waals surface area contributed by atoms with Crippen molar-refractivity contribution < 1.29 is 18.4 Å². The number of piperidine rings is 1. The van der Waals surface area contributed by atoms with Gasteiger partial charge in [0.1, 0.15) is 11.4 Å². The highest BCUT2D eigenvalue weighted by atomic mass is 19.3. The molecular formula is C24H31F2N9O2. The van der Waals surface area contributed by atoms with E-state index in [0.717, 1.165) is 12.8 Å². The van der Waals surface area contributed by atoms with Gasteiger partial charge in [0.15, 0.2) is 0 Å². The number of urea groups is 1. The van der Waals surface area contributed by atoms with Gasteiger partial charge in [0.05, 0.1) is 23.6 Å². The summed E-state index contributed by atoms with van der Waals surface area (Å²) in [7, 11) is 3.49. The summed E-state index contributed by atoms with van der Waals surface area (Å²) in [4.78, 5) is 39.3. The second-order valence-corrected chi connectivity index (χ2v) is 9.30. The van der Waals surface area contributed by atoms with Crippen LogP contribution in [0.25, 0.3) is 11.3 Å². The molecule has 4 N–H and O–H groups in total. The molecule has 2 aliphatic rings. The summed E-state index contributed by atoms with van der Waals surface area (Å²) in [6.45, 7) is 2.75. The third kappa shape index (κ3) is 6.28. The number of hydrogen-bond acceptors (Lipinski definition) is 7. The van der Waals surface area contributed by atoms with Gasteiger partial charge in [-0.2, -0.15) is 5.10 Å². The van der Waals surface area contributed by atoms with E-state index >= 15 is 0 Å². The molecule has 0 atom stereocenters. The maximum Gasteiger partial charge on any atom is 0.319 e. The minimum Gasteiger partial charge on any atom is -0.396 e. The van der Waals surface area contributed by atoms with E-state index in [2.05, 4.69) is 30.4 Å². The van der Waals surface area contributed by atoms with E-state index in [1.54, 1.807) is 43.5 Å². The fourth-order valence-corrected chi connectivity index (χ4v) is 4.36. The Morgan fingerprint density at radius 2 is 2.00 bits per heavy atom. The van der Waals surface area contributed by atoms with E-state index in [1.807, 2.05) is 4.90 Å². The molecule has 37 heavy (non-hydrogen) atoms. The van der Waals surface area contributed by atoms with Crippen LogP contribution in [0.15, 0.2) is 47.0 Å². The highest BCUT2D eigenvalue weighted by Crippen LogP contribution is 2.24. The number of aromatic nitrogens is 3. The van der Waals surface area contributed by atoms with Crippen molar-refractivity contribution in [3.63, 3.8) is 0 Å². The quantitative estimate of drug-likeness (QED) is 0.479. The molecule has 2 aromatic heterocycles. The average Bonchev–Trinajstić information content (AvgIpc) is 3.41. The number of carbonyl (C=O) groups excluding carboxylic acids is 2. The number of carbonyl (C=O) groups is 2. The standard InChI is InChI=1S/C24H31F2N9O2/c1-33(2)24(37)34-8-6-17(7-9-34)35-13-16(14-35)28-12-20(21(27)22(25)26)32-23(36)19-5-3-4-18(31-19)15-10-29-30-11-15/h3-5,10-12,16-17,22H,6-9,13-14,27H2,1-2H3,(H,29,30)(H,32,36). The van der Waals surface area contributed by atoms with Crippen molar-refractivity contribution in [2.75, 3.05) is 40.3 Å². The van der Waals surface area contributed by atoms with Crippen LogP contribution in [0.3, 0.4) is 0 Å². The fourth-order valence-electron chi connectivity index (χ4n) is 4.36. The molecule has 4 rings (SSSR count). The molecule has 11 nitrogen and oxygen atoms in total. The number of H-pyrrole nitrogens is 1. The zero-order valence-corrected chi connectivity index (χ0v) is 20.8. The molecule has 0 radical (unpaired) electrons. The predicted octanol–water partition coefficient (Wildman–Crippen LogP) is 1.54. The number of amides is 3. The molecule has 0 aromatic carbocycles. The monoisotopic (exact) mass is 515 g/mol. The van der Waals surface area contributed by atoms with Crippen LogP contribution >= 0.6 is 0 Å². The lowest BCUT2D eigenvalue weighted by atomic mass is 9.98. The molecular weight excluding hydrogens is 484 g/mol. The van der Waals surface area contributed by atoms with E-state index in [9.17, 15) is 18.4 Å². The molecule has 2 fully saturated rings. The summed E-state index contributed by atoms with van der Waals surface area (Å²) in [6, 6.07) is 5.11. The number of aromatic amines is 1. The number of nitrogens with two attached hydrogens (primary N) is 1. The van der Waals surface area contributed by atoms with Gasteiger partial charge in [-0.05, 0) is 25.0 Å². The highest BCUT2D eigenvalue weighted by molar-refractivity contribution is 5.98. The summed E-state index contributed by atoms with van der Waals surface area (Å²) in [5, 5.41) is 8.97. The lowest BCUT2D eigenvalue weighted by Gasteiger charge is -2.46. The van der Waals surface area contributed by atoms with Crippen molar-refractivity contribution >= 4 is 18.2 Å². The zero-order valence-electron chi connectivity index (χ0n) is 20.8. The number of alkyl halides is 2. The number of rotatable bonds is 7. The fraction of sp³-hybridized carbons (Fsp3) is 0.458. The normalized spacial score (nSPS) is 18.1. The van der Waals surface area contributed by atoms with Gasteiger partial charge < -0.3 is 20.9 Å². The zero-order chi connectivity index (χ0) is 26.5. The third-order valence-electron chi connectivity index (χ3n) is 6.51. The van der Waals surface area contributed by atoms with E-state index in [0.29, 0.717) is 43.5 Å². The number of hydrogen-bond donors (Lipinski definition) is 3. The highest BCUT2D eigenvalue weighted by Gasteiger charge is 2.35. The first-order valence-electron chi connectivity index (χ1n) is 12.0. The largest absolute Gasteiger partial charge is 0.396 e. The molecule has 2 saturated heterocycles. The van der Waals surface area contributed by atoms with Crippen molar-refractivity contribution in [3.05, 3.63) is 47.7 Å². The number of aliphatic imine (C=N–C) groups is 1. The van der Waals surface area contributed by atoms with Gasteiger partial charge in [-0.3, -0.25) is 19.8 Å². The van der Waals surface area contributed by atoms with Gasteiger partial charge in [-0.1, -0.05) is 6.07 Å². The predicted molar refractivity (Wildman–Crippen MR) is 134 cm³/mol. The SMILES string of the molecule is CN(C)C(=O)N1CCC(N2CC(N=CC(NC(=O)c3cccc(-c4cn[nH]c4)n3)=C(N)C(F)F)C2)CC1. The molecule has 4 heterocycles. The molecule has 0 saturated carbocycles. The minimum atomic E-state index is -2.96. The average molecular weight is 516 g/mol.